The minimum atomic E-state index is -0.0854. The van der Waals surface area contributed by atoms with Crippen molar-refractivity contribution in [1.82, 2.24) is 10.1 Å². The van der Waals surface area contributed by atoms with Crippen molar-refractivity contribution in [2.75, 3.05) is 11.5 Å². The monoisotopic (exact) mass is 280 g/mol. The minimum Gasteiger partial charge on any atom is -0.339 e. The summed E-state index contributed by atoms with van der Waals surface area (Å²) in [5, 5.41) is 4.10. The van der Waals surface area contributed by atoms with Crippen molar-refractivity contribution in [3.63, 3.8) is 0 Å². The first-order valence-electron chi connectivity index (χ1n) is 6.90. The summed E-state index contributed by atoms with van der Waals surface area (Å²) in [5.41, 5.74) is -0.0854. The quantitative estimate of drug-likeness (QED) is 0.791. The molecular weight excluding hydrogens is 260 g/mol. The van der Waals surface area contributed by atoms with Crippen LogP contribution in [0.4, 0.5) is 0 Å². The molecule has 2 bridgehead atoms. The van der Waals surface area contributed by atoms with Gasteiger partial charge in [-0.05, 0) is 12.8 Å². The van der Waals surface area contributed by atoms with Crippen LogP contribution < -0.4 is 0 Å². The molecule has 2 heterocycles. The van der Waals surface area contributed by atoms with Crippen molar-refractivity contribution in [3.8, 4) is 0 Å². The van der Waals surface area contributed by atoms with Gasteiger partial charge < -0.3 is 4.52 Å². The van der Waals surface area contributed by atoms with E-state index in [9.17, 15) is 4.79 Å². The second-order valence-corrected chi connectivity index (χ2v) is 7.78. The first-order valence-corrected chi connectivity index (χ1v) is 8.06. The van der Waals surface area contributed by atoms with Crippen molar-refractivity contribution in [2.24, 2.45) is 11.8 Å². The van der Waals surface area contributed by atoms with E-state index >= 15 is 0 Å². The van der Waals surface area contributed by atoms with Gasteiger partial charge in [-0.2, -0.15) is 16.7 Å². The SMILES string of the molecule is CC(C)(C)c1noc(C2CC3CSCC(C2)C3=O)n1. The molecule has 5 heteroatoms. The highest BCUT2D eigenvalue weighted by molar-refractivity contribution is 7.99. The number of carbonyl (C=O) groups excluding carboxylic acids is 1. The Hall–Kier alpha value is -0.840. The van der Waals surface area contributed by atoms with Gasteiger partial charge in [0.1, 0.15) is 5.78 Å². The van der Waals surface area contributed by atoms with Gasteiger partial charge in [0, 0.05) is 34.7 Å². The maximum Gasteiger partial charge on any atom is 0.229 e. The third kappa shape index (κ3) is 2.45. The number of carbonyl (C=O) groups is 1. The summed E-state index contributed by atoms with van der Waals surface area (Å²) in [6.07, 6.45) is 1.77. The highest BCUT2D eigenvalue weighted by Crippen LogP contribution is 2.42. The van der Waals surface area contributed by atoms with Gasteiger partial charge >= 0.3 is 0 Å². The fourth-order valence-electron chi connectivity index (χ4n) is 2.91. The average molecular weight is 280 g/mol. The molecule has 1 aliphatic carbocycles. The van der Waals surface area contributed by atoms with Crippen LogP contribution in [0, 0.1) is 11.8 Å². The Bertz CT molecular complexity index is 476. The number of ketones is 1. The molecule has 2 aliphatic rings. The van der Waals surface area contributed by atoms with Crippen molar-refractivity contribution < 1.29 is 9.32 Å². The van der Waals surface area contributed by atoms with Crippen LogP contribution in [0.2, 0.25) is 0 Å². The van der Waals surface area contributed by atoms with Crippen LogP contribution >= 0.6 is 11.8 Å². The summed E-state index contributed by atoms with van der Waals surface area (Å²) < 4.78 is 5.45. The summed E-state index contributed by atoms with van der Waals surface area (Å²) in [5.74, 6) is 4.57. The van der Waals surface area contributed by atoms with E-state index in [1.165, 1.54) is 0 Å². The molecule has 1 aromatic heterocycles. The Kier molecular flexibility index (Phi) is 3.20. The van der Waals surface area contributed by atoms with E-state index in [-0.39, 0.29) is 23.2 Å². The van der Waals surface area contributed by atoms with Crippen molar-refractivity contribution in [3.05, 3.63) is 11.7 Å². The van der Waals surface area contributed by atoms with E-state index in [1.807, 2.05) is 11.8 Å². The Labute approximate surface area is 117 Å². The van der Waals surface area contributed by atoms with E-state index in [0.29, 0.717) is 5.78 Å². The van der Waals surface area contributed by atoms with Gasteiger partial charge in [-0.25, -0.2) is 0 Å². The molecule has 4 nitrogen and oxygen atoms in total. The zero-order valence-electron chi connectivity index (χ0n) is 11.7. The van der Waals surface area contributed by atoms with Crippen molar-refractivity contribution >= 4 is 17.5 Å². The van der Waals surface area contributed by atoms with E-state index in [1.54, 1.807) is 0 Å². The smallest absolute Gasteiger partial charge is 0.229 e. The molecule has 2 fully saturated rings. The highest BCUT2D eigenvalue weighted by Gasteiger charge is 2.41. The molecule has 19 heavy (non-hydrogen) atoms. The van der Waals surface area contributed by atoms with Crippen molar-refractivity contribution in [2.45, 2.75) is 44.9 Å². The van der Waals surface area contributed by atoms with E-state index in [4.69, 9.17) is 4.52 Å². The predicted molar refractivity (Wildman–Crippen MR) is 74.3 cm³/mol. The number of aromatic nitrogens is 2. The molecule has 1 saturated carbocycles. The zero-order valence-corrected chi connectivity index (χ0v) is 12.5. The first kappa shape index (κ1) is 13.2. The average Bonchev–Trinajstić information content (AvgIpc) is 2.77. The summed E-state index contributed by atoms with van der Waals surface area (Å²) in [6.45, 7) is 6.24. The van der Waals surface area contributed by atoms with Crippen LogP contribution in [-0.4, -0.2) is 27.4 Å². The first-order chi connectivity index (χ1) is 8.95. The molecular formula is C14H20N2O2S. The summed E-state index contributed by atoms with van der Waals surface area (Å²) in [4.78, 5) is 16.6. The number of Topliss-reactive ketones (excluding diaryl/α,β-unsaturated/α-hetero) is 1. The van der Waals surface area contributed by atoms with Gasteiger partial charge in [-0.1, -0.05) is 25.9 Å². The molecule has 2 atom stereocenters. The van der Waals surface area contributed by atoms with Crippen LogP contribution in [-0.2, 0) is 10.2 Å². The van der Waals surface area contributed by atoms with Gasteiger partial charge in [-0.3, -0.25) is 4.79 Å². The molecule has 0 N–H and O–H groups in total. The maximum atomic E-state index is 12.1. The van der Waals surface area contributed by atoms with Gasteiger partial charge in [-0.15, -0.1) is 0 Å². The van der Waals surface area contributed by atoms with Crippen LogP contribution in [0.25, 0.3) is 0 Å². The third-order valence-electron chi connectivity index (χ3n) is 4.04. The Morgan fingerprint density at radius 2 is 1.79 bits per heavy atom. The van der Waals surface area contributed by atoms with E-state index < -0.39 is 0 Å². The molecule has 1 saturated heterocycles. The highest BCUT2D eigenvalue weighted by atomic mass is 32.2. The van der Waals surface area contributed by atoms with E-state index in [2.05, 4.69) is 30.9 Å². The minimum absolute atomic E-state index is 0.0854. The summed E-state index contributed by atoms with van der Waals surface area (Å²) >= 11 is 1.91. The fourth-order valence-corrected chi connectivity index (χ4v) is 4.21. The molecule has 0 spiro atoms. The maximum absolute atomic E-state index is 12.1. The summed E-state index contributed by atoms with van der Waals surface area (Å²) in [6, 6.07) is 0. The lowest BCUT2D eigenvalue weighted by molar-refractivity contribution is -0.128. The number of thioether (sulfide) groups is 1. The van der Waals surface area contributed by atoms with Crippen LogP contribution in [0.1, 0.15) is 51.2 Å². The normalized spacial score (nSPS) is 31.5. The molecule has 1 aromatic rings. The number of fused-ring (bicyclic) bond motifs is 2. The van der Waals surface area contributed by atoms with Gasteiger partial charge in [0.2, 0.25) is 5.89 Å². The Morgan fingerprint density at radius 3 is 2.32 bits per heavy atom. The molecule has 3 rings (SSSR count). The molecule has 2 unspecified atom stereocenters. The largest absolute Gasteiger partial charge is 0.339 e. The standard InChI is InChI=1S/C14H20N2O2S/c1-14(2,3)13-15-12(18-16-13)8-4-9-6-19-7-10(5-8)11(9)17/h8-10H,4-7H2,1-3H3. The van der Waals surface area contributed by atoms with Crippen LogP contribution in [0.15, 0.2) is 4.52 Å². The second kappa shape index (κ2) is 4.62. The van der Waals surface area contributed by atoms with Gasteiger partial charge in [0.15, 0.2) is 5.82 Å². The predicted octanol–water partition coefficient (Wildman–Crippen LogP) is 2.79. The lowest BCUT2D eigenvalue weighted by Crippen LogP contribution is -2.38. The lowest BCUT2D eigenvalue weighted by atomic mass is 9.75. The number of hydrogen-bond donors (Lipinski definition) is 0. The molecule has 0 amide bonds. The molecule has 0 aromatic carbocycles. The zero-order chi connectivity index (χ0) is 13.6. The topological polar surface area (TPSA) is 56.0 Å². The number of rotatable bonds is 1. The summed E-state index contributed by atoms with van der Waals surface area (Å²) in [7, 11) is 0. The molecule has 1 aliphatic heterocycles. The van der Waals surface area contributed by atoms with Crippen LogP contribution in [0.3, 0.4) is 0 Å². The Morgan fingerprint density at radius 1 is 1.16 bits per heavy atom. The van der Waals surface area contributed by atoms with Crippen molar-refractivity contribution in [1.29, 1.82) is 0 Å². The lowest BCUT2D eigenvalue weighted by Gasteiger charge is -2.35. The van der Waals surface area contributed by atoms with E-state index in [0.717, 1.165) is 36.1 Å². The van der Waals surface area contributed by atoms with Crippen LogP contribution in [0.5, 0.6) is 0 Å². The number of nitrogens with zero attached hydrogens (tertiary/aromatic N) is 2. The third-order valence-corrected chi connectivity index (χ3v) is 5.32. The van der Waals surface area contributed by atoms with Gasteiger partial charge in [0.25, 0.3) is 0 Å². The molecule has 0 radical (unpaired) electrons. The van der Waals surface area contributed by atoms with Gasteiger partial charge in [0.05, 0.1) is 0 Å². The molecule has 104 valence electrons. The second-order valence-electron chi connectivity index (χ2n) is 6.71. The fraction of sp³-hybridized carbons (Fsp3) is 0.786. The number of hydrogen-bond acceptors (Lipinski definition) is 5. The Balaban J connectivity index is 1.80.